The van der Waals surface area contributed by atoms with Crippen LogP contribution in [0.5, 0.6) is 0 Å². The molecule has 7 heteroatoms. The van der Waals surface area contributed by atoms with Gasteiger partial charge in [-0.1, -0.05) is 36.0 Å². The molecule has 0 saturated heterocycles. The highest BCUT2D eigenvalue weighted by atomic mass is 32.2. The summed E-state index contributed by atoms with van der Waals surface area (Å²) < 4.78 is 1.95. The van der Waals surface area contributed by atoms with Crippen molar-refractivity contribution in [2.45, 2.75) is 24.0 Å². The van der Waals surface area contributed by atoms with Crippen molar-refractivity contribution in [3.8, 4) is 5.69 Å². The Morgan fingerprint density at radius 2 is 1.93 bits per heavy atom. The van der Waals surface area contributed by atoms with Gasteiger partial charge in [0.05, 0.1) is 5.75 Å². The molecule has 0 radical (unpaired) electrons. The Kier molecular flexibility index (Phi) is 5.43. The van der Waals surface area contributed by atoms with E-state index in [4.69, 9.17) is 0 Å². The van der Waals surface area contributed by atoms with Gasteiger partial charge in [-0.2, -0.15) is 0 Å². The van der Waals surface area contributed by atoms with E-state index in [-0.39, 0.29) is 17.6 Å². The molecule has 2 aromatic carbocycles. The van der Waals surface area contributed by atoms with Crippen LogP contribution in [0.1, 0.15) is 23.2 Å². The summed E-state index contributed by atoms with van der Waals surface area (Å²) >= 11 is 1.36. The Balaban J connectivity index is 1.35. The molecular weight excluding hydrogens is 372 g/mol. The SMILES string of the molecule is O=C(CSc1nccn1-c1ccccc1)Nc1cccc(C(=O)NC2CC2)c1. The lowest BCUT2D eigenvalue weighted by atomic mass is 10.2. The fourth-order valence-electron chi connectivity index (χ4n) is 2.74. The number of benzene rings is 2. The van der Waals surface area contributed by atoms with E-state index in [9.17, 15) is 9.59 Å². The summed E-state index contributed by atoms with van der Waals surface area (Å²) in [5.41, 5.74) is 2.16. The molecule has 0 atom stereocenters. The first-order valence-electron chi connectivity index (χ1n) is 9.11. The van der Waals surface area contributed by atoms with Crippen molar-refractivity contribution in [1.29, 1.82) is 0 Å². The van der Waals surface area contributed by atoms with Crippen LogP contribution in [0.25, 0.3) is 5.69 Å². The second-order valence-electron chi connectivity index (χ2n) is 6.58. The van der Waals surface area contributed by atoms with Gasteiger partial charge < -0.3 is 10.6 Å². The molecule has 1 aromatic heterocycles. The topological polar surface area (TPSA) is 76.0 Å². The number of nitrogens with zero attached hydrogens (tertiary/aromatic N) is 2. The number of carbonyl (C=O) groups excluding carboxylic acids is 2. The van der Waals surface area contributed by atoms with Crippen molar-refractivity contribution < 1.29 is 9.59 Å². The molecule has 0 aliphatic heterocycles. The number of hydrogen-bond acceptors (Lipinski definition) is 4. The first kappa shape index (κ1) is 18.3. The number of amides is 2. The maximum absolute atomic E-state index is 12.4. The van der Waals surface area contributed by atoms with E-state index in [0.717, 1.165) is 23.7 Å². The fourth-order valence-corrected chi connectivity index (χ4v) is 3.52. The standard InChI is InChI=1S/C21H20N4O2S/c26-19(14-28-21-22-11-12-25(21)18-7-2-1-3-8-18)23-17-6-4-5-15(13-17)20(27)24-16-9-10-16/h1-8,11-13,16H,9-10,14H2,(H,23,26)(H,24,27). The number of aromatic nitrogens is 2. The summed E-state index contributed by atoms with van der Waals surface area (Å²) in [6.45, 7) is 0. The molecule has 0 unspecified atom stereocenters. The highest BCUT2D eigenvalue weighted by Gasteiger charge is 2.23. The molecule has 0 bridgehead atoms. The number of anilines is 1. The molecule has 28 heavy (non-hydrogen) atoms. The van der Waals surface area contributed by atoms with E-state index in [1.165, 1.54) is 11.8 Å². The first-order valence-corrected chi connectivity index (χ1v) is 10.1. The molecule has 1 saturated carbocycles. The predicted octanol–water partition coefficient (Wildman–Crippen LogP) is 3.50. The minimum absolute atomic E-state index is 0.0992. The minimum Gasteiger partial charge on any atom is -0.349 e. The van der Waals surface area contributed by atoms with Gasteiger partial charge in [0.1, 0.15) is 0 Å². The largest absolute Gasteiger partial charge is 0.349 e. The third-order valence-corrected chi connectivity index (χ3v) is 5.26. The smallest absolute Gasteiger partial charge is 0.251 e. The van der Waals surface area contributed by atoms with E-state index < -0.39 is 0 Å². The van der Waals surface area contributed by atoms with Crippen LogP contribution in [0.2, 0.25) is 0 Å². The van der Waals surface area contributed by atoms with Gasteiger partial charge in [-0.05, 0) is 43.2 Å². The lowest BCUT2D eigenvalue weighted by molar-refractivity contribution is -0.113. The van der Waals surface area contributed by atoms with Crippen LogP contribution in [0.15, 0.2) is 72.1 Å². The molecule has 1 aliphatic carbocycles. The van der Waals surface area contributed by atoms with Gasteiger partial charge in [0.2, 0.25) is 5.91 Å². The Morgan fingerprint density at radius 3 is 2.71 bits per heavy atom. The Morgan fingerprint density at radius 1 is 1.11 bits per heavy atom. The summed E-state index contributed by atoms with van der Waals surface area (Å²) in [6, 6.07) is 17.2. The van der Waals surface area contributed by atoms with Crippen LogP contribution in [-0.2, 0) is 4.79 Å². The van der Waals surface area contributed by atoms with E-state index >= 15 is 0 Å². The van der Waals surface area contributed by atoms with Gasteiger partial charge in [0, 0.05) is 35.4 Å². The average Bonchev–Trinajstić information content (AvgIpc) is 3.40. The molecule has 142 valence electrons. The zero-order chi connectivity index (χ0) is 19.3. The van der Waals surface area contributed by atoms with E-state index in [1.54, 1.807) is 30.5 Å². The Labute approximate surface area is 167 Å². The molecule has 4 rings (SSSR count). The highest BCUT2D eigenvalue weighted by Crippen LogP contribution is 2.22. The second-order valence-corrected chi connectivity index (χ2v) is 7.52. The Hall–Kier alpha value is -3.06. The summed E-state index contributed by atoms with van der Waals surface area (Å²) in [4.78, 5) is 28.8. The number of thioether (sulfide) groups is 1. The molecule has 1 aliphatic rings. The Bertz CT molecular complexity index is 983. The van der Waals surface area contributed by atoms with Gasteiger partial charge in [0.15, 0.2) is 5.16 Å². The van der Waals surface area contributed by atoms with E-state index in [1.807, 2.05) is 41.1 Å². The van der Waals surface area contributed by atoms with Crippen molar-refractivity contribution >= 4 is 29.3 Å². The van der Waals surface area contributed by atoms with Crippen LogP contribution in [0.4, 0.5) is 5.69 Å². The first-order chi connectivity index (χ1) is 13.7. The zero-order valence-electron chi connectivity index (χ0n) is 15.2. The van der Waals surface area contributed by atoms with Crippen molar-refractivity contribution in [3.05, 3.63) is 72.6 Å². The highest BCUT2D eigenvalue weighted by molar-refractivity contribution is 7.99. The molecule has 3 aromatic rings. The summed E-state index contributed by atoms with van der Waals surface area (Å²) in [5, 5.41) is 6.55. The second kappa shape index (κ2) is 8.31. The zero-order valence-corrected chi connectivity index (χ0v) is 16.0. The molecule has 1 heterocycles. The van der Waals surface area contributed by atoms with Gasteiger partial charge in [-0.15, -0.1) is 0 Å². The number of para-hydroxylation sites is 1. The van der Waals surface area contributed by atoms with Crippen LogP contribution < -0.4 is 10.6 Å². The number of rotatable bonds is 7. The molecule has 2 amide bonds. The third-order valence-electron chi connectivity index (χ3n) is 4.29. The van der Waals surface area contributed by atoms with Crippen LogP contribution in [0, 0.1) is 0 Å². The monoisotopic (exact) mass is 392 g/mol. The molecule has 0 spiro atoms. The van der Waals surface area contributed by atoms with Gasteiger partial charge >= 0.3 is 0 Å². The maximum atomic E-state index is 12.4. The van der Waals surface area contributed by atoms with Crippen molar-refractivity contribution in [3.63, 3.8) is 0 Å². The number of imidazole rings is 1. The molecule has 1 fully saturated rings. The normalized spacial score (nSPS) is 13.1. The van der Waals surface area contributed by atoms with Crippen molar-refractivity contribution in [2.24, 2.45) is 0 Å². The lowest BCUT2D eigenvalue weighted by Crippen LogP contribution is -2.25. The number of nitrogens with one attached hydrogen (secondary N) is 2. The molecule has 6 nitrogen and oxygen atoms in total. The average molecular weight is 392 g/mol. The molecular formula is C21H20N4O2S. The molecule has 2 N–H and O–H groups in total. The fraction of sp³-hybridized carbons (Fsp3) is 0.190. The number of carbonyl (C=O) groups is 2. The summed E-state index contributed by atoms with van der Waals surface area (Å²) in [5.74, 6) is -0.0206. The van der Waals surface area contributed by atoms with E-state index in [2.05, 4.69) is 15.6 Å². The van der Waals surface area contributed by atoms with Gasteiger partial charge in [-0.25, -0.2) is 4.98 Å². The predicted molar refractivity (Wildman–Crippen MR) is 110 cm³/mol. The minimum atomic E-state index is -0.146. The van der Waals surface area contributed by atoms with Crippen molar-refractivity contribution in [1.82, 2.24) is 14.9 Å². The van der Waals surface area contributed by atoms with Crippen LogP contribution in [0.3, 0.4) is 0 Å². The van der Waals surface area contributed by atoms with Gasteiger partial charge in [-0.3, -0.25) is 14.2 Å². The van der Waals surface area contributed by atoms with Crippen LogP contribution in [-0.4, -0.2) is 33.2 Å². The summed E-state index contributed by atoms with van der Waals surface area (Å²) in [6.07, 6.45) is 5.67. The van der Waals surface area contributed by atoms with Crippen LogP contribution >= 0.6 is 11.8 Å². The quantitative estimate of drug-likeness (QED) is 0.604. The third kappa shape index (κ3) is 4.61. The lowest BCUT2D eigenvalue weighted by Gasteiger charge is -2.09. The van der Waals surface area contributed by atoms with Crippen molar-refractivity contribution in [2.75, 3.05) is 11.1 Å². The number of hydrogen-bond donors (Lipinski definition) is 2. The van der Waals surface area contributed by atoms with E-state index in [0.29, 0.717) is 17.3 Å². The summed E-state index contributed by atoms with van der Waals surface area (Å²) in [7, 11) is 0. The van der Waals surface area contributed by atoms with Gasteiger partial charge in [0.25, 0.3) is 5.91 Å². The maximum Gasteiger partial charge on any atom is 0.251 e.